The zero-order chi connectivity index (χ0) is 25.5. The van der Waals surface area contributed by atoms with E-state index in [0.717, 1.165) is 36.9 Å². The third-order valence-corrected chi connectivity index (χ3v) is 7.36. The van der Waals surface area contributed by atoms with E-state index in [0.29, 0.717) is 24.7 Å². The number of amides is 2. The Hall–Kier alpha value is -3.12. The van der Waals surface area contributed by atoms with Crippen molar-refractivity contribution in [2.45, 2.75) is 58.2 Å². The topological polar surface area (TPSA) is 45.6 Å². The number of rotatable bonds is 9. The molecule has 3 aromatic rings. The first-order valence-corrected chi connectivity index (χ1v) is 13.1. The van der Waals surface area contributed by atoms with E-state index >= 15 is 0 Å². The lowest BCUT2D eigenvalue weighted by Gasteiger charge is -2.36. The molecule has 36 heavy (non-hydrogen) atoms. The van der Waals surface area contributed by atoms with Gasteiger partial charge in [-0.05, 0) is 55.7 Å². The molecule has 0 bridgehead atoms. The summed E-state index contributed by atoms with van der Waals surface area (Å²) in [6.45, 7) is 3.12. The van der Waals surface area contributed by atoms with E-state index in [-0.39, 0.29) is 24.1 Å². The summed E-state index contributed by atoms with van der Waals surface area (Å²) in [5, 5.41) is 0.711. The fourth-order valence-corrected chi connectivity index (χ4v) is 5.13. The quantitative estimate of drug-likeness (QED) is 0.347. The highest BCUT2D eigenvalue weighted by molar-refractivity contribution is 6.31. The van der Waals surface area contributed by atoms with Crippen molar-refractivity contribution in [1.82, 2.24) is 14.4 Å². The zero-order valence-corrected chi connectivity index (χ0v) is 21.5. The number of carbonyl (C=O) groups excluding carboxylic acids is 2. The van der Waals surface area contributed by atoms with Crippen molar-refractivity contribution in [1.29, 1.82) is 0 Å². The molecule has 0 aliphatic heterocycles. The van der Waals surface area contributed by atoms with Crippen LogP contribution in [0.4, 0.5) is 4.39 Å². The molecule has 1 fully saturated rings. The second kappa shape index (κ2) is 12.2. The van der Waals surface area contributed by atoms with Gasteiger partial charge in [-0.2, -0.15) is 0 Å². The van der Waals surface area contributed by atoms with Gasteiger partial charge in [0.15, 0.2) is 0 Å². The lowest BCUT2D eigenvalue weighted by atomic mass is 9.94. The number of benzene rings is 2. The standard InChI is InChI=1S/C29H33ClFN3O2/c1-2-32(29(36)25-15-7-9-17-27(25)31)21-28(35)34(23-12-4-3-5-13-23)20-24-14-10-18-33(24)19-22-11-6-8-16-26(22)30/h6-11,14-18,23H,2-5,12-13,19-21H2,1H3. The van der Waals surface area contributed by atoms with Crippen LogP contribution >= 0.6 is 11.6 Å². The fraction of sp³-hybridized carbons (Fsp3) is 0.379. The minimum absolute atomic E-state index is 0.00928. The van der Waals surface area contributed by atoms with Gasteiger partial charge in [-0.3, -0.25) is 9.59 Å². The van der Waals surface area contributed by atoms with Gasteiger partial charge >= 0.3 is 0 Å². The predicted molar refractivity (Wildman–Crippen MR) is 140 cm³/mol. The largest absolute Gasteiger partial charge is 0.345 e. The van der Waals surface area contributed by atoms with Crippen LogP contribution in [-0.4, -0.2) is 45.3 Å². The molecule has 0 atom stereocenters. The van der Waals surface area contributed by atoms with Crippen LogP contribution in [-0.2, 0) is 17.9 Å². The molecule has 7 heteroatoms. The Labute approximate surface area is 217 Å². The summed E-state index contributed by atoms with van der Waals surface area (Å²) >= 11 is 6.39. The molecule has 1 heterocycles. The summed E-state index contributed by atoms with van der Waals surface area (Å²) in [6, 6.07) is 17.8. The van der Waals surface area contributed by atoms with Crippen LogP contribution in [0.1, 0.15) is 60.6 Å². The van der Waals surface area contributed by atoms with Gasteiger partial charge in [0.25, 0.3) is 5.91 Å². The van der Waals surface area contributed by atoms with Gasteiger partial charge in [-0.25, -0.2) is 4.39 Å². The molecule has 1 aromatic heterocycles. The van der Waals surface area contributed by atoms with E-state index < -0.39 is 11.7 Å². The van der Waals surface area contributed by atoms with Crippen molar-refractivity contribution in [3.8, 4) is 0 Å². The molecular weight excluding hydrogens is 477 g/mol. The Bertz CT molecular complexity index is 1190. The SMILES string of the molecule is CCN(CC(=O)N(Cc1cccn1Cc1ccccc1Cl)C1CCCCC1)C(=O)c1ccccc1F. The number of hydrogen-bond acceptors (Lipinski definition) is 2. The summed E-state index contributed by atoms with van der Waals surface area (Å²) in [6.07, 6.45) is 7.24. The summed E-state index contributed by atoms with van der Waals surface area (Å²) in [4.78, 5) is 30.1. The summed E-state index contributed by atoms with van der Waals surface area (Å²) in [5.41, 5.74) is 2.02. The van der Waals surface area contributed by atoms with Gasteiger partial charge in [-0.1, -0.05) is 61.2 Å². The summed E-state index contributed by atoms with van der Waals surface area (Å²) in [5.74, 6) is -1.15. The van der Waals surface area contributed by atoms with E-state index in [2.05, 4.69) is 4.57 Å². The van der Waals surface area contributed by atoms with Crippen molar-refractivity contribution in [2.24, 2.45) is 0 Å². The van der Waals surface area contributed by atoms with Gasteiger partial charge in [-0.15, -0.1) is 0 Å². The number of halogens is 2. The molecule has 1 saturated carbocycles. The van der Waals surface area contributed by atoms with Gasteiger partial charge < -0.3 is 14.4 Å². The van der Waals surface area contributed by atoms with Crippen LogP contribution < -0.4 is 0 Å². The minimum Gasteiger partial charge on any atom is -0.345 e. The number of hydrogen-bond donors (Lipinski definition) is 0. The average molecular weight is 510 g/mol. The molecule has 1 aliphatic rings. The Morgan fingerprint density at radius 2 is 1.72 bits per heavy atom. The summed E-state index contributed by atoms with van der Waals surface area (Å²) < 4.78 is 16.4. The van der Waals surface area contributed by atoms with Crippen molar-refractivity contribution < 1.29 is 14.0 Å². The highest BCUT2D eigenvalue weighted by Crippen LogP contribution is 2.26. The van der Waals surface area contributed by atoms with E-state index in [4.69, 9.17) is 11.6 Å². The van der Waals surface area contributed by atoms with Crippen LogP contribution in [0.3, 0.4) is 0 Å². The van der Waals surface area contributed by atoms with Crippen LogP contribution in [0.5, 0.6) is 0 Å². The second-order valence-electron chi connectivity index (χ2n) is 9.33. The Balaban J connectivity index is 1.54. The highest BCUT2D eigenvalue weighted by Gasteiger charge is 2.29. The smallest absolute Gasteiger partial charge is 0.257 e. The van der Waals surface area contributed by atoms with Gasteiger partial charge in [0.05, 0.1) is 12.1 Å². The van der Waals surface area contributed by atoms with E-state index in [9.17, 15) is 14.0 Å². The first kappa shape index (κ1) is 26.0. The van der Waals surface area contributed by atoms with Crippen LogP contribution in [0.25, 0.3) is 0 Å². The molecule has 0 spiro atoms. The van der Waals surface area contributed by atoms with Gasteiger partial charge in [0, 0.05) is 36.0 Å². The van der Waals surface area contributed by atoms with E-state index in [1.807, 2.05) is 54.4 Å². The first-order valence-electron chi connectivity index (χ1n) is 12.7. The third kappa shape index (κ3) is 6.16. The maximum absolute atomic E-state index is 14.3. The maximum Gasteiger partial charge on any atom is 0.257 e. The van der Waals surface area contributed by atoms with Crippen LogP contribution in [0, 0.1) is 5.82 Å². The molecule has 2 aromatic carbocycles. The molecule has 2 amide bonds. The highest BCUT2D eigenvalue weighted by atomic mass is 35.5. The van der Waals surface area contributed by atoms with Crippen molar-refractivity contribution in [3.05, 3.63) is 94.5 Å². The van der Waals surface area contributed by atoms with Gasteiger partial charge in [0.1, 0.15) is 12.4 Å². The molecule has 5 nitrogen and oxygen atoms in total. The van der Waals surface area contributed by atoms with E-state index in [1.165, 1.54) is 23.5 Å². The molecule has 190 valence electrons. The maximum atomic E-state index is 14.3. The number of likely N-dealkylation sites (N-methyl/N-ethyl adjacent to an activating group) is 1. The number of aromatic nitrogens is 1. The Morgan fingerprint density at radius 1 is 1.00 bits per heavy atom. The second-order valence-corrected chi connectivity index (χ2v) is 9.74. The van der Waals surface area contributed by atoms with Crippen LogP contribution in [0.15, 0.2) is 66.9 Å². The number of carbonyl (C=O) groups is 2. The first-order chi connectivity index (χ1) is 17.5. The zero-order valence-electron chi connectivity index (χ0n) is 20.7. The lowest BCUT2D eigenvalue weighted by Crippen LogP contribution is -2.47. The normalized spacial score (nSPS) is 14.0. The molecule has 0 saturated heterocycles. The van der Waals surface area contributed by atoms with Crippen molar-refractivity contribution >= 4 is 23.4 Å². The van der Waals surface area contributed by atoms with Gasteiger partial charge in [0.2, 0.25) is 5.91 Å². The molecular formula is C29H33ClFN3O2. The fourth-order valence-electron chi connectivity index (χ4n) is 4.93. The Morgan fingerprint density at radius 3 is 2.44 bits per heavy atom. The molecule has 1 aliphatic carbocycles. The lowest BCUT2D eigenvalue weighted by molar-refractivity contribution is -0.135. The summed E-state index contributed by atoms with van der Waals surface area (Å²) in [7, 11) is 0. The van der Waals surface area contributed by atoms with Crippen molar-refractivity contribution in [3.63, 3.8) is 0 Å². The predicted octanol–water partition coefficient (Wildman–Crippen LogP) is 6.15. The minimum atomic E-state index is -0.574. The third-order valence-electron chi connectivity index (χ3n) is 6.99. The number of nitrogens with zero attached hydrogens (tertiary/aromatic N) is 3. The van der Waals surface area contributed by atoms with E-state index in [1.54, 1.807) is 12.1 Å². The van der Waals surface area contributed by atoms with Crippen molar-refractivity contribution in [2.75, 3.05) is 13.1 Å². The average Bonchev–Trinajstić information content (AvgIpc) is 3.34. The molecule has 0 radical (unpaired) electrons. The molecule has 4 rings (SSSR count). The Kier molecular flexibility index (Phi) is 8.81. The molecule has 0 unspecified atom stereocenters. The van der Waals surface area contributed by atoms with Crippen LogP contribution in [0.2, 0.25) is 5.02 Å². The molecule has 0 N–H and O–H groups in total. The monoisotopic (exact) mass is 509 g/mol.